The zero-order chi connectivity index (χ0) is 21.9. The van der Waals surface area contributed by atoms with E-state index < -0.39 is 0 Å². The molecule has 6 nitrogen and oxygen atoms in total. The van der Waals surface area contributed by atoms with Crippen molar-refractivity contribution in [1.29, 1.82) is 0 Å². The topological polar surface area (TPSA) is 61.8 Å². The lowest BCUT2D eigenvalue weighted by molar-refractivity contribution is 0.196. The number of piperidine rings is 1. The van der Waals surface area contributed by atoms with Crippen LogP contribution in [0.5, 0.6) is 5.75 Å². The van der Waals surface area contributed by atoms with E-state index in [0.717, 1.165) is 69.4 Å². The molecule has 176 valence electrons. The molecule has 0 radical (unpaired) electrons. The van der Waals surface area contributed by atoms with Gasteiger partial charge in [0.2, 0.25) is 0 Å². The second-order valence-electron chi connectivity index (χ2n) is 8.24. The highest BCUT2D eigenvalue weighted by molar-refractivity contribution is 14.0. The lowest BCUT2D eigenvalue weighted by atomic mass is 9.98. The number of nitrogens with zero attached hydrogens (tertiary/aromatic N) is 3. The standard InChI is InChI=1S/C25H37N5O.HI/c1-4-26-25(28-16-12-20(2)21-8-10-24(31-3)11-9-21)29-22-13-17-30(18-14-22)19-23-7-5-6-15-27-23;/h5-11,15,20,22H,4,12-14,16-19H2,1-3H3,(H2,26,28,29);1H. The fourth-order valence-corrected chi connectivity index (χ4v) is 3.94. The van der Waals surface area contributed by atoms with E-state index in [1.165, 1.54) is 5.56 Å². The summed E-state index contributed by atoms with van der Waals surface area (Å²) in [4.78, 5) is 11.8. The van der Waals surface area contributed by atoms with Gasteiger partial charge < -0.3 is 15.4 Å². The number of rotatable bonds is 9. The van der Waals surface area contributed by atoms with Gasteiger partial charge in [-0.25, -0.2) is 0 Å². The number of aliphatic imine (C=N–C) groups is 1. The zero-order valence-electron chi connectivity index (χ0n) is 19.6. The van der Waals surface area contributed by atoms with Gasteiger partial charge in [0.15, 0.2) is 5.96 Å². The summed E-state index contributed by atoms with van der Waals surface area (Å²) in [6, 6.07) is 15.0. The van der Waals surface area contributed by atoms with Gasteiger partial charge in [-0.1, -0.05) is 25.1 Å². The van der Waals surface area contributed by atoms with Crippen molar-refractivity contribution in [3.05, 3.63) is 59.9 Å². The molecule has 0 aliphatic carbocycles. The summed E-state index contributed by atoms with van der Waals surface area (Å²) in [5, 5.41) is 7.06. The molecule has 0 amide bonds. The number of benzene rings is 1. The van der Waals surface area contributed by atoms with E-state index in [1.54, 1.807) is 7.11 Å². The van der Waals surface area contributed by atoms with Crippen LogP contribution in [-0.4, -0.2) is 55.2 Å². The van der Waals surface area contributed by atoms with Gasteiger partial charge in [0, 0.05) is 45.0 Å². The highest BCUT2D eigenvalue weighted by Gasteiger charge is 2.20. The minimum atomic E-state index is 0. The Morgan fingerprint density at radius 2 is 1.94 bits per heavy atom. The van der Waals surface area contributed by atoms with E-state index in [-0.39, 0.29) is 24.0 Å². The maximum atomic E-state index is 5.25. The molecule has 2 N–H and O–H groups in total. The largest absolute Gasteiger partial charge is 0.497 e. The Bertz CT molecular complexity index is 792. The molecule has 1 atom stereocenters. The number of likely N-dealkylation sites (tertiary alicyclic amines) is 1. The quantitative estimate of drug-likeness (QED) is 0.275. The van der Waals surface area contributed by atoms with E-state index in [9.17, 15) is 0 Å². The van der Waals surface area contributed by atoms with Gasteiger partial charge in [-0.3, -0.25) is 14.9 Å². The highest BCUT2D eigenvalue weighted by Crippen LogP contribution is 2.21. The van der Waals surface area contributed by atoms with E-state index in [1.807, 2.05) is 24.4 Å². The molecule has 0 bridgehead atoms. The van der Waals surface area contributed by atoms with Crippen molar-refractivity contribution in [3.8, 4) is 5.75 Å². The Morgan fingerprint density at radius 3 is 2.56 bits per heavy atom. The van der Waals surface area contributed by atoms with Gasteiger partial charge in [0.05, 0.1) is 12.8 Å². The SMILES string of the molecule is CCNC(=NCCC(C)c1ccc(OC)cc1)NC1CCN(Cc2ccccn2)CC1.I. The Balaban J connectivity index is 0.00000363. The second-order valence-corrected chi connectivity index (χ2v) is 8.24. The van der Waals surface area contributed by atoms with Gasteiger partial charge in [0.1, 0.15) is 5.75 Å². The predicted octanol–water partition coefficient (Wildman–Crippen LogP) is 4.42. The normalized spacial score (nSPS) is 16.2. The number of hydrogen-bond donors (Lipinski definition) is 2. The molecule has 1 aliphatic heterocycles. The minimum Gasteiger partial charge on any atom is -0.497 e. The summed E-state index contributed by atoms with van der Waals surface area (Å²) in [6.45, 7) is 9.16. The summed E-state index contributed by atoms with van der Waals surface area (Å²) in [5.74, 6) is 2.30. The summed E-state index contributed by atoms with van der Waals surface area (Å²) < 4.78 is 5.25. The van der Waals surface area contributed by atoms with Gasteiger partial charge >= 0.3 is 0 Å². The van der Waals surface area contributed by atoms with E-state index >= 15 is 0 Å². The average Bonchev–Trinajstić information content (AvgIpc) is 2.81. The van der Waals surface area contributed by atoms with Gasteiger partial charge in [-0.05, 0) is 61.9 Å². The van der Waals surface area contributed by atoms with Crippen LogP contribution in [0.4, 0.5) is 0 Å². The van der Waals surface area contributed by atoms with Crippen LogP contribution in [0.2, 0.25) is 0 Å². The van der Waals surface area contributed by atoms with Crippen LogP contribution in [0.1, 0.15) is 50.3 Å². The first kappa shape index (κ1) is 26.4. The van der Waals surface area contributed by atoms with Gasteiger partial charge in [0.25, 0.3) is 0 Å². The van der Waals surface area contributed by atoms with Crippen molar-refractivity contribution < 1.29 is 4.74 Å². The van der Waals surface area contributed by atoms with Crippen molar-refractivity contribution in [2.75, 3.05) is 33.3 Å². The maximum Gasteiger partial charge on any atom is 0.191 e. The molecule has 0 saturated carbocycles. The highest BCUT2D eigenvalue weighted by atomic mass is 127. The predicted molar refractivity (Wildman–Crippen MR) is 143 cm³/mol. The molecular weight excluding hydrogens is 513 g/mol. The van der Waals surface area contributed by atoms with Gasteiger partial charge in [-0.2, -0.15) is 0 Å². The van der Waals surface area contributed by atoms with Crippen LogP contribution < -0.4 is 15.4 Å². The van der Waals surface area contributed by atoms with Crippen molar-refractivity contribution in [2.24, 2.45) is 4.99 Å². The number of hydrogen-bond acceptors (Lipinski definition) is 4. The average molecular weight is 552 g/mol. The third kappa shape index (κ3) is 8.58. The smallest absolute Gasteiger partial charge is 0.191 e. The number of pyridine rings is 1. The van der Waals surface area contributed by atoms with E-state index in [4.69, 9.17) is 9.73 Å². The second kappa shape index (κ2) is 14.3. The van der Waals surface area contributed by atoms with Crippen LogP contribution in [0.15, 0.2) is 53.7 Å². The van der Waals surface area contributed by atoms with E-state index in [0.29, 0.717) is 12.0 Å². The number of halogens is 1. The molecule has 1 aromatic heterocycles. The number of aromatic nitrogens is 1. The van der Waals surface area contributed by atoms with Crippen molar-refractivity contribution in [3.63, 3.8) is 0 Å². The summed E-state index contributed by atoms with van der Waals surface area (Å²) >= 11 is 0. The monoisotopic (exact) mass is 551 g/mol. The number of nitrogens with one attached hydrogen (secondary N) is 2. The lowest BCUT2D eigenvalue weighted by Crippen LogP contribution is -2.48. The molecule has 1 fully saturated rings. The third-order valence-electron chi connectivity index (χ3n) is 5.90. The van der Waals surface area contributed by atoms with Crippen LogP contribution in [-0.2, 0) is 6.54 Å². The van der Waals surface area contributed by atoms with Crippen molar-refractivity contribution >= 4 is 29.9 Å². The fourth-order valence-electron chi connectivity index (χ4n) is 3.94. The summed E-state index contributed by atoms with van der Waals surface area (Å²) in [6.07, 6.45) is 5.14. The first-order chi connectivity index (χ1) is 15.2. The molecular formula is C25H38IN5O. The van der Waals surface area contributed by atoms with Crippen LogP contribution in [0, 0.1) is 0 Å². The zero-order valence-corrected chi connectivity index (χ0v) is 21.9. The molecule has 0 spiro atoms. The first-order valence-electron chi connectivity index (χ1n) is 11.5. The number of methoxy groups -OCH3 is 1. The Morgan fingerprint density at radius 1 is 1.19 bits per heavy atom. The summed E-state index contributed by atoms with van der Waals surface area (Å²) in [7, 11) is 1.70. The lowest BCUT2D eigenvalue weighted by Gasteiger charge is -2.32. The molecule has 1 saturated heterocycles. The van der Waals surface area contributed by atoms with Crippen LogP contribution in [0.3, 0.4) is 0 Å². The molecule has 7 heteroatoms. The van der Waals surface area contributed by atoms with Crippen molar-refractivity contribution in [1.82, 2.24) is 20.5 Å². The van der Waals surface area contributed by atoms with Gasteiger partial charge in [-0.15, -0.1) is 24.0 Å². The fraction of sp³-hybridized carbons (Fsp3) is 0.520. The van der Waals surface area contributed by atoms with E-state index in [2.05, 4.69) is 58.6 Å². The molecule has 32 heavy (non-hydrogen) atoms. The maximum absolute atomic E-state index is 5.25. The number of guanidine groups is 1. The van der Waals surface area contributed by atoms with Crippen molar-refractivity contribution in [2.45, 2.75) is 51.6 Å². The Labute approximate surface area is 210 Å². The third-order valence-corrected chi connectivity index (χ3v) is 5.90. The Hall–Kier alpha value is -1.87. The molecule has 3 rings (SSSR count). The molecule has 1 aliphatic rings. The molecule has 1 unspecified atom stereocenters. The molecule has 2 aromatic rings. The molecule has 2 heterocycles. The van der Waals surface area contributed by atoms with Crippen LogP contribution >= 0.6 is 24.0 Å². The minimum absolute atomic E-state index is 0. The number of ether oxygens (including phenoxy) is 1. The first-order valence-corrected chi connectivity index (χ1v) is 11.5. The molecule has 1 aromatic carbocycles. The Kier molecular flexibility index (Phi) is 11.8. The summed E-state index contributed by atoms with van der Waals surface area (Å²) in [5.41, 5.74) is 2.48. The van der Waals surface area contributed by atoms with Crippen LogP contribution in [0.25, 0.3) is 0 Å².